The summed E-state index contributed by atoms with van der Waals surface area (Å²) in [5.41, 5.74) is 1.21. The lowest BCUT2D eigenvalue weighted by atomic mass is 10.1. The number of rotatable bonds is 2. The summed E-state index contributed by atoms with van der Waals surface area (Å²) < 4.78 is 7.95. The van der Waals surface area contributed by atoms with E-state index in [-0.39, 0.29) is 6.10 Å². The molecule has 0 aromatic carbocycles. The van der Waals surface area contributed by atoms with Gasteiger partial charge in [0.25, 0.3) is 0 Å². The molecular formula is C11H17N3O. The number of morpholine rings is 1. The maximum absolute atomic E-state index is 5.87. The van der Waals surface area contributed by atoms with E-state index in [1.807, 2.05) is 6.20 Å². The van der Waals surface area contributed by atoms with Crippen LogP contribution in [-0.4, -0.2) is 29.0 Å². The lowest BCUT2D eigenvalue weighted by Crippen LogP contribution is -2.38. The fourth-order valence-electron chi connectivity index (χ4n) is 2.05. The average molecular weight is 207 g/mol. The van der Waals surface area contributed by atoms with E-state index in [9.17, 15) is 0 Å². The molecule has 0 radical (unpaired) electrons. The third kappa shape index (κ3) is 1.92. The molecule has 1 saturated heterocycles. The van der Waals surface area contributed by atoms with Crippen LogP contribution in [0.25, 0.3) is 0 Å². The summed E-state index contributed by atoms with van der Waals surface area (Å²) in [6, 6.07) is 0.660. The maximum Gasteiger partial charge on any atom is 0.0983 e. The number of hydrogen-bond acceptors (Lipinski definition) is 3. The number of ether oxygens (including phenoxy) is 1. The Bertz CT molecular complexity index is 345. The van der Waals surface area contributed by atoms with E-state index in [1.54, 1.807) is 0 Å². The number of aromatic nitrogens is 2. The highest BCUT2D eigenvalue weighted by molar-refractivity contribution is 5.11. The van der Waals surface area contributed by atoms with Gasteiger partial charge < -0.3 is 10.1 Å². The number of nitrogens with one attached hydrogen (secondary N) is 1. The molecule has 1 saturated carbocycles. The molecule has 1 aromatic heterocycles. The summed E-state index contributed by atoms with van der Waals surface area (Å²) in [6.45, 7) is 3.96. The lowest BCUT2D eigenvalue weighted by molar-refractivity contribution is -0.0287. The van der Waals surface area contributed by atoms with E-state index in [0.717, 1.165) is 13.1 Å². The third-order valence-electron chi connectivity index (χ3n) is 3.07. The Kier molecular flexibility index (Phi) is 2.25. The molecule has 1 N–H and O–H groups in total. The van der Waals surface area contributed by atoms with Gasteiger partial charge >= 0.3 is 0 Å². The van der Waals surface area contributed by atoms with E-state index in [4.69, 9.17) is 4.74 Å². The first-order chi connectivity index (χ1) is 7.33. The summed E-state index contributed by atoms with van der Waals surface area (Å²) in [5, 5.41) is 7.76. The van der Waals surface area contributed by atoms with Gasteiger partial charge in [-0.25, -0.2) is 0 Å². The van der Waals surface area contributed by atoms with Crippen LogP contribution in [0.2, 0.25) is 0 Å². The van der Waals surface area contributed by atoms with Crippen LogP contribution in [0, 0.1) is 0 Å². The van der Waals surface area contributed by atoms with Crippen LogP contribution in [0.1, 0.15) is 37.5 Å². The number of nitrogens with zero attached hydrogens (tertiary/aromatic N) is 2. The fourth-order valence-corrected chi connectivity index (χ4v) is 2.05. The average Bonchev–Trinajstić information content (AvgIpc) is 2.97. The molecule has 1 aromatic rings. The molecule has 0 bridgehead atoms. The van der Waals surface area contributed by atoms with E-state index in [0.29, 0.717) is 12.1 Å². The van der Waals surface area contributed by atoms with Crippen molar-refractivity contribution in [3.8, 4) is 0 Å². The molecule has 2 fully saturated rings. The molecule has 2 aliphatic rings. The first-order valence-corrected chi connectivity index (χ1v) is 5.73. The topological polar surface area (TPSA) is 39.1 Å². The van der Waals surface area contributed by atoms with E-state index in [1.165, 1.54) is 18.4 Å². The van der Waals surface area contributed by atoms with Crippen molar-refractivity contribution in [1.82, 2.24) is 15.1 Å². The first-order valence-electron chi connectivity index (χ1n) is 5.73. The Morgan fingerprint density at radius 2 is 2.33 bits per heavy atom. The highest BCUT2D eigenvalue weighted by Crippen LogP contribution is 2.35. The van der Waals surface area contributed by atoms with Gasteiger partial charge in [-0.3, -0.25) is 4.68 Å². The van der Waals surface area contributed by atoms with E-state index >= 15 is 0 Å². The molecule has 0 amide bonds. The van der Waals surface area contributed by atoms with Crippen molar-refractivity contribution in [1.29, 1.82) is 0 Å². The van der Waals surface area contributed by atoms with Crippen LogP contribution >= 0.6 is 0 Å². The molecule has 2 atom stereocenters. The van der Waals surface area contributed by atoms with Crippen LogP contribution in [0.15, 0.2) is 12.4 Å². The van der Waals surface area contributed by atoms with Crippen molar-refractivity contribution >= 4 is 0 Å². The van der Waals surface area contributed by atoms with Gasteiger partial charge in [-0.2, -0.15) is 5.10 Å². The molecule has 15 heavy (non-hydrogen) atoms. The fraction of sp³-hybridized carbons (Fsp3) is 0.727. The summed E-state index contributed by atoms with van der Waals surface area (Å²) >= 11 is 0. The van der Waals surface area contributed by atoms with Crippen molar-refractivity contribution in [3.63, 3.8) is 0 Å². The van der Waals surface area contributed by atoms with Crippen LogP contribution in [0.5, 0.6) is 0 Å². The summed E-state index contributed by atoms with van der Waals surface area (Å²) in [7, 11) is 0. The Morgan fingerprint density at radius 3 is 3.07 bits per heavy atom. The van der Waals surface area contributed by atoms with Gasteiger partial charge in [-0.1, -0.05) is 0 Å². The van der Waals surface area contributed by atoms with Crippen LogP contribution < -0.4 is 5.32 Å². The third-order valence-corrected chi connectivity index (χ3v) is 3.07. The smallest absolute Gasteiger partial charge is 0.0983 e. The zero-order valence-electron chi connectivity index (χ0n) is 9.02. The predicted octanol–water partition coefficient (Wildman–Crippen LogP) is 1.27. The van der Waals surface area contributed by atoms with E-state index < -0.39 is 0 Å². The summed E-state index contributed by atoms with van der Waals surface area (Å²) in [4.78, 5) is 0. The van der Waals surface area contributed by atoms with Gasteiger partial charge in [-0.15, -0.1) is 0 Å². The molecule has 2 unspecified atom stereocenters. The molecule has 82 valence electrons. The van der Waals surface area contributed by atoms with Gasteiger partial charge in [0.05, 0.1) is 24.4 Å². The minimum atomic E-state index is 0.182. The normalized spacial score (nSPS) is 31.8. The Balaban J connectivity index is 1.73. The van der Waals surface area contributed by atoms with Crippen molar-refractivity contribution in [2.75, 3.05) is 13.1 Å². The first kappa shape index (κ1) is 9.36. The van der Waals surface area contributed by atoms with Gasteiger partial charge in [0, 0.05) is 24.8 Å². The largest absolute Gasteiger partial charge is 0.368 e. The van der Waals surface area contributed by atoms with E-state index in [2.05, 4.69) is 28.2 Å². The molecular weight excluding hydrogens is 190 g/mol. The quantitative estimate of drug-likeness (QED) is 0.793. The standard InChI is InChI=1S/C11H17N3O/c1-8-4-12-6-11(15-8)9-5-13-14(7-9)10-2-3-10/h5,7-8,10-12H,2-4,6H2,1H3. The number of hydrogen-bond donors (Lipinski definition) is 1. The lowest BCUT2D eigenvalue weighted by Gasteiger charge is -2.27. The second-order valence-electron chi connectivity index (χ2n) is 4.58. The van der Waals surface area contributed by atoms with Crippen molar-refractivity contribution in [2.24, 2.45) is 0 Å². The molecule has 0 spiro atoms. The highest BCUT2D eigenvalue weighted by Gasteiger charge is 2.27. The van der Waals surface area contributed by atoms with Crippen LogP contribution in [0.4, 0.5) is 0 Å². The van der Waals surface area contributed by atoms with Crippen molar-refractivity contribution in [2.45, 2.75) is 38.0 Å². The molecule has 4 heteroatoms. The van der Waals surface area contributed by atoms with Gasteiger partial charge in [-0.05, 0) is 19.8 Å². The van der Waals surface area contributed by atoms with Gasteiger partial charge in [0.1, 0.15) is 0 Å². The zero-order valence-corrected chi connectivity index (χ0v) is 9.02. The minimum Gasteiger partial charge on any atom is -0.368 e. The molecule has 1 aliphatic carbocycles. The second kappa shape index (κ2) is 3.61. The Morgan fingerprint density at radius 1 is 1.47 bits per heavy atom. The molecule has 2 heterocycles. The SMILES string of the molecule is CC1CNCC(c2cnn(C3CC3)c2)O1. The maximum atomic E-state index is 5.87. The molecule has 4 nitrogen and oxygen atoms in total. The molecule has 3 rings (SSSR count). The summed E-state index contributed by atoms with van der Waals surface area (Å²) in [5.74, 6) is 0. The van der Waals surface area contributed by atoms with Crippen molar-refractivity contribution < 1.29 is 4.74 Å². The van der Waals surface area contributed by atoms with Gasteiger partial charge in [0.2, 0.25) is 0 Å². The zero-order chi connectivity index (χ0) is 10.3. The van der Waals surface area contributed by atoms with Crippen molar-refractivity contribution in [3.05, 3.63) is 18.0 Å². The highest BCUT2D eigenvalue weighted by atomic mass is 16.5. The monoisotopic (exact) mass is 207 g/mol. The summed E-state index contributed by atoms with van der Waals surface area (Å²) in [6.07, 6.45) is 7.13. The molecule has 1 aliphatic heterocycles. The Hall–Kier alpha value is -0.870. The van der Waals surface area contributed by atoms with Gasteiger partial charge in [0.15, 0.2) is 0 Å². The second-order valence-corrected chi connectivity index (χ2v) is 4.58. The Labute approximate surface area is 89.6 Å². The minimum absolute atomic E-state index is 0.182. The van der Waals surface area contributed by atoms with Crippen LogP contribution in [0.3, 0.4) is 0 Å². The van der Waals surface area contributed by atoms with Crippen LogP contribution in [-0.2, 0) is 4.74 Å². The predicted molar refractivity (Wildman–Crippen MR) is 56.7 cm³/mol.